The first-order valence-corrected chi connectivity index (χ1v) is 13.6. The Labute approximate surface area is 225 Å². The van der Waals surface area contributed by atoms with Gasteiger partial charge in [-0.05, 0) is 73.6 Å². The minimum absolute atomic E-state index is 0.0226. The first-order valence-electron chi connectivity index (χ1n) is 13.6. The summed E-state index contributed by atoms with van der Waals surface area (Å²) in [6.07, 6.45) is 1.94. The van der Waals surface area contributed by atoms with Gasteiger partial charge in [-0.3, -0.25) is 0 Å². The van der Waals surface area contributed by atoms with E-state index in [9.17, 15) is 0 Å². The van der Waals surface area contributed by atoms with Crippen molar-refractivity contribution in [3.63, 3.8) is 0 Å². The minimum atomic E-state index is -0.308. The molecule has 0 saturated heterocycles. The third kappa shape index (κ3) is 5.30. The first-order chi connectivity index (χ1) is 16.9. The molecule has 4 heteroatoms. The Bertz CT molecular complexity index is 1260. The van der Waals surface area contributed by atoms with E-state index in [1.807, 2.05) is 6.20 Å². The fourth-order valence-corrected chi connectivity index (χ4v) is 5.10. The largest absolute Gasteiger partial charge is 0.536 e. The summed E-state index contributed by atoms with van der Waals surface area (Å²) < 4.78 is 6.87. The lowest BCUT2D eigenvalue weighted by Crippen LogP contribution is -2.53. The smallest absolute Gasteiger partial charge is 0.526 e. The van der Waals surface area contributed by atoms with Gasteiger partial charge in [0, 0.05) is 6.20 Å². The second kappa shape index (κ2) is 8.93. The molecule has 0 saturated carbocycles. The highest BCUT2D eigenvalue weighted by molar-refractivity contribution is 6.75. The molecular weight excluding hydrogens is 451 g/mol. The van der Waals surface area contributed by atoms with Crippen molar-refractivity contribution in [1.29, 1.82) is 0 Å². The summed E-state index contributed by atoms with van der Waals surface area (Å²) in [7, 11) is -0.308. The van der Waals surface area contributed by atoms with E-state index in [4.69, 9.17) is 9.64 Å². The van der Waals surface area contributed by atoms with Crippen molar-refractivity contribution >= 4 is 24.0 Å². The Balaban J connectivity index is 2.05. The molecular formula is C33H45BN2O. The molecule has 1 aliphatic heterocycles. The molecule has 4 rings (SSSR count). The fraction of sp³-hybridized carbons (Fsp3) is 0.485. The van der Waals surface area contributed by atoms with Crippen LogP contribution >= 0.6 is 0 Å². The molecule has 0 amide bonds. The fourth-order valence-electron chi connectivity index (χ4n) is 5.10. The number of rotatable bonds is 2. The van der Waals surface area contributed by atoms with E-state index in [0.29, 0.717) is 0 Å². The maximum Gasteiger partial charge on any atom is 0.526 e. The van der Waals surface area contributed by atoms with Crippen molar-refractivity contribution in [1.82, 2.24) is 4.98 Å². The van der Waals surface area contributed by atoms with Crippen LogP contribution in [0.3, 0.4) is 0 Å². The molecule has 0 aliphatic carbocycles. The second-order valence-corrected chi connectivity index (χ2v) is 14.7. The summed E-state index contributed by atoms with van der Waals surface area (Å²) in [4.78, 5) is 7.20. The van der Waals surface area contributed by atoms with Crippen molar-refractivity contribution in [3.05, 3.63) is 77.0 Å². The van der Waals surface area contributed by atoms with Gasteiger partial charge in [-0.15, -0.1) is 0 Å². The van der Waals surface area contributed by atoms with Gasteiger partial charge in [0.15, 0.2) is 0 Å². The van der Waals surface area contributed by atoms with E-state index in [1.165, 1.54) is 27.7 Å². The third-order valence-electron chi connectivity index (χ3n) is 7.37. The quantitative estimate of drug-likeness (QED) is 0.335. The van der Waals surface area contributed by atoms with Gasteiger partial charge in [-0.2, -0.15) is 0 Å². The lowest BCUT2D eigenvalue weighted by atomic mass is 9.59. The van der Waals surface area contributed by atoms with Gasteiger partial charge in [0.1, 0.15) is 11.6 Å². The monoisotopic (exact) mass is 496 g/mol. The summed E-state index contributed by atoms with van der Waals surface area (Å²) in [6.45, 7) is 27.5. The lowest BCUT2D eigenvalue weighted by Gasteiger charge is -2.36. The van der Waals surface area contributed by atoms with E-state index in [-0.39, 0.29) is 28.7 Å². The summed E-state index contributed by atoms with van der Waals surface area (Å²) in [6, 6.07) is 17.6. The van der Waals surface area contributed by atoms with Gasteiger partial charge in [0.2, 0.25) is 0 Å². The standard InChI is InChI=1S/C33H45BN2O/c1-30(2,3)22-17-18-35-28(21-22)36-26-15-13-14-16-27(26)37-34(36)29-24(32(7,8)9)19-23(31(4,5)6)20-25(29)33(10,11)12/h13-21H,1-12H3. The van der Waals surface area contributed by atoms with Crippen LogP contribution in [0.1, 0.15) is 105 Å². The van der Waals surface area contributed by atoms with E-state index >= 15 is 0 Å². The summed E-state index contributed by atoms with van der Waals surface area (Å²) in [5.74, 6) is 1.82. The molecule has 0 N–H and O–H groups in total. The molecule has 3 nitrogen and oxygen atoms in total. The maximum absolute atomic E-state index is 6.87. The van der Waals surface area contributed by atoms with Gasteiger partial charge in [-0.25, -0.2) is 4.98 Å². The number of pyridine rings is 1. The zero-order valence-electron chi connectivity index (χ0n) is 25.1. The third-order valence-corrected chi connectivity index (χ3v) is 7.37. The molecule has 1 aliphatic rings. The molecule has 0 atom stereocenters. The number of anilines is 2. The van der Waals surface area contributed by atoms with Crippen LogP contribution in [0.2, 0.25) is 0 Å². The first kappa shape index (κ1) is 27.3. The molecule has 0 radical (unpaired) electrons. The van der Waals surface area contributed by atoms with E-state index < -0.39 is 0 Å². The van der Waals surface area contributed by atoms with E-state index in [1.54, 1.807) is 0 Å². The van der Waals surface area contributed by atoms with Crippen molar-refractivity contribution in [2.45, 2.75) is 105 Å². The highest BCUT2D eigenvalue weighted by Crippen LogP contribution is 2.43. The molecule has 2 heterocycles. The molecule has 37 heavy (non-hydrogen) atoms. The van der Waals surface area contributed by atoms with Gasteiger partial charge < -0.3 is 9.47 Å². The predicted octanol–water partition coefficient (Wildman–Crippen LogP) is 8.20. The van der Waals surface area contributed by atoms with Crippen LogP contribution < -0.4 is 14.9 Å². The van der Waals surface area contributed by atoms with Gasteiger partial charge in [-0.1, -0.05) is 107 Å². The van der Waals surface area contributed by atoms with Crippen molar-refractivity contribution in [3.8, 4) is 5.75 Å². The zero-order chi connectivity index (χ0) is 27.6. The van der Waals surface area contributed by atoms with Gasteiger partial charge >= 0.3 is 7.05 Å². The Morgan fingerprint density at radius 3 is 1.70 bits per heavy atom. The molecule has 196 valence electrons. The van der Waals surface area contributed by atoms with Crippen LogP contribution in [0.25, 0.3) is 0 Å². The number of fused-ring (bicyclic) bond motifs is 1. The SMILES string of the molecule is CC(C)(C)c1ccnc(N2B(c3c(C(C)(C)C)cc(C(C)(C)C)cc3C(C)(C)C)Oc3ccccc32)c1. The van der Waals surface area contributed by atoms with Gasteiger partial charge in [0.25, 0.3) is 0 Å². The van der Waals surface area contributed by atoms with Crippen LogP contribution in [0.15, 0.2) is 54.7 Å². The second-order valence-electron chi connectivity index (χ2n) is 14.7. The maximum atomic E-state index is 6.87. The normalized spacial score (nSPS) is 14.6. The highest BCUT2D eigenvalue weighted by atomic mass is 16.5. The van der Waals surface area contributed by atoms with Gasteiger partial charge in [0.05, 0.1) is 5.69 Å². The Kier molecular flexibility index (Phi) is 6.59. The molecule has 0 spiro atoms. The highest BCUT2D eigenvalue weighted by Gasteiger charge is 2.46. The van der Waals surface area contributed by atoms with Crippen LogP contribution in [-0.2, 0) is 21.7 Å². The molecule has 3 aromatic rings. The number of benzene rings is 2. The Morgan fingerprint density at radius 2 is 1.19 bits per heavy atom. The minimum Gasteiger partial charge on any atom is -0.536 e. The summed E-state index contributed by atoms with van der Waals surface area (Å²) in [5.41, 5.74) is 7.53. The number of hydrogen-bond acceptors (Lipinski definition) is 3. The predicted molar refractivity (Wildman–Crippen MR) is 160 cm³/mol. The lowest BCUT2D eigenvalue weighted by molar-refractivity contribution is 0.547. The average Bonchev–Trinajstić information content (AvgIpc) is 3.15. The number of nitrogens with zero attached hydrogens (tertiary/aromatic N) is 2. The Hall–Kier alpha value is -2.75. The average molecular weight is 497 g/mol. The Morgan fingerprint density at radius 1 is 0.649 bits per heavy atom. The molecule has 0 bridgehead atoms. The zero-order valence-corrected chi connectivity index (χ0v) is 25.1. The van der Waals surface area contributed by atoms with Crippen molar-refractivity contribution in [2.75, 3.05) is 4.81 Å². The van der Waals surface area contributed by atoms with Crippen LogP contribution in [0.5, 0.6) is 5.75 Å². The number of para-hydroxylation sites is 2. The topological polar surface area (TPSA) is 25.4 Å². The number of aromatic nitrogens is 1. The van der Waals surface area contributed by atoms with Crippen LogP contribution in [0, 0.1) is 0 Å². The molecule has 1 aromatic heterocycles. The van der Waals surface area contributed by atoms with Crippen molar-refractivity contribution in [2.24, 2.45) is 0 Å². The van der Waals surface area contributed by atoms with E-state index in [2.05, 4.69) is 136 Å². The molecule has 0 unspecified atom stereocenters. The van der Waals surface area contributed by atoms with Crippen LogP contribution in [0.4, 0.5) is 11.5 Å². The summed E-state index contributed by atoms with van der Waals surface area (Å²) in [5, 5.41) is 0. The molecule has 2 aromatic carbocycles. The van der Waals surface area contributed by atoms with Crippen LogP contribution in [-0.4, -0.2) is 12.0 Å². The number of hydrogen-bond donors (Lipinski definition) is 0. The molecule has 0 fully saturated rings. The van der Waals surface area contributed by atoms with E-state index in [0.717, 1.165) is 17.3 Å². The van der Waals surface area contributed by atoms with Crippen molar-refractivity contribution < 1.29 is 4.65 Å². The summed E-state index contributed by atoms with van der Waals surface area (Å²) >= 11 is 0.